The fourth-order valence-electron chi connectivity index (χ4n) is 3.00. The molecule has 0 saturated heterocycles. The van der Waals surface area contributed by atoms with E-state index in [9.17, 15) is 19.8 Å². The Bertz CT molecular complexity index is 1030. The van der Waals surface area contributed by atoms with E-state index in [2.05, 4.69) is 27.9 Å². The van der Waals surface area contributed by atoms with Crippen molar-refractivity contribution in [3.8, 4) is 11.1 Å². The van der Waals surface area contributed by atoms with E-state index in [-0.39, 0.29) is 24.9 Å². The van der Waals surface area contributed by atoms with Crippen molar-refractivity contribution in [2.45, 2.75) is 30.2 Å². The number of hydrogen-bond acceptors (Lipinski definition) is 7. The second-order valence-electron chi connectivity index (χ2n) is 6.58. The fourth-order valence-corrected chi connectivity index (χ4v) is 3.41. The number of aromatic nitrogens is 4. The summed E-state index contributed by atoms with van der Waals surface area (Å²) in [6.45, 7) is 0.142. The molecule has 2 aromatic heterocycles. The highest BCUT2D eigenvalue weighted by atomic mass is 32.1. The summed E-state index contributed by atoms with van der Waals surface area (Å²) in [5.74, 6) is -1.37. The van der Waals surface area contributed by atoms with Crippen molar-refractivity contribution in [3.63, 3.8) is 0 Å². The number of pyridine rings is 1. The van der Waals surface area contributed by atoms with Gasteiger partial charge in [-0.2, -0.15) is 12.6 Å². The van der Waals surface area contributed by atoms with Gasteiger partial charge in [0.15, 0.2) is 5.60 Å². The molecule has 2 atom stereocenters. The molecular weight excluding hydrogens is 392 g/mol. The van der Waals surface area contributed by atoms with Crippen molar-refractivity contribution in [2.24, 2.45) is 0 Å². The van der Waals surface area contributed by atoms with Crippen molar-refractivity contribution in [1.29, 1.82) is 0 Å². The van der Waals surface area contributed by atoms with Gasteiger partial charge in [0, 0.05) is 25.0 Å². The SMILES string of the molecule is O=C(O)C(O)(CCCn1nnccc1=O)C(S)c1ccc(-c2cccnc2)cc1. The first-order valence-electron chi connectivity index (χ1n) is 8.95. The highest BCUT2D eigenvalue weighted by molar-refractivity contribution is 7.80. The minimum absolute atomic E-state index is 0.107. The van der Waals surface area contributed by atoms with Crippen molar-refractivity contribution in [2.75, 3.05) is 0 Å². The maximum atomic E-state index is 11.8. The summed E-state index contributed by atoms with van der Waals surface area (Å²) in [5.41, 5.74) is -0.0270. The molecule has 0 fully saturated rings. The van der Waals surface area contributed by atoms with Crippen LogP contribution < -0.4 is 5.56 Å². The highest BCUT2D eigenvalue weighted by Gasteiger charge is 2.42. The summed E-state index contributed by atoms with van der Waals surface area (Å²) < 4.78 is 1.12. The number of benzene rings is 1. The third-order valence-corrected chi connectivity index (χ3v) is 5.39. The smallest absolute Gasteiger partial charge is 0.337 e. The van der Waals surface area contributed by atoms with E-state index < -0.39 is 16.8 Å². The molecule has 0 aliphatic heterocycles. The van der Waals surface area contributed by atoms with Crippen molar-refractivity contribution in [1.82, 2.24) is 20.0 Å². The normalized spacial score (nSPS) is 14.1. The van der Waals surface area contributed by atoms with Crippen LogP contribution >= 0.6 is 12.6 Å². The first-order valence-corrected chi connectivity index (χ1v) is 9.46. The van der Waals surface area contributed by atoms with Gasteiger partial charge in [-0.15, -0.1) is 5.10 Å². The lowest BCUT2D eigenvalue weighted by Gasteiger charge is -2.29. The molecule has 2 N–H and O–H groups in total. The Balaban J connectivity index is 1.74. The summed E-state index contributed by atoms with van der Waals surface area (Å²) in [6.07, 6.45) is 4.81. The highest BCUT2D eigenvalue weighted by Crippen LogP contribution is 2.36. The number of carboxylic acids is 1. The standard InChI is InChI=1S/C20H20N4O4S/c25-17-8-11-22-23-24(17)12-2-9-20(28,19(26)27)18(29)15-6-4-14(5-7-15)16-3-1-10-21-13-16/h1,3-8,10-11,13,18,28-29H,2,9,12H2,(H,26,27). The Hall–Kier alpha value is -3.04. The van der Waals surface area contributed by atoms with Crippen LogP contribution in [0.1, 0.15) is 23.7 Å². The molecule has 0 bridgehead atoms. The molecule has 0 spiro atoms. The van der Waals surface area contributed by atoms with Gasteiger partial charge in [0.05, 0.1) is 11.4 Å². The monoisotopic (exact) mass is 412 g/mol. The largest absolute Gasteiger partial charge is 0.479 e. The van der Waals surface area contributed by atoms with Gasteiger partial charge in [-0.25, -0.2) is 9.48 Å². The van der Waals surface area contributed by atoms with Gasteiger partial charge in [0.25, 0.3) is 5.56 Å². The lowest BCUT2D eigenvalue weighted by molar-refractivity contribution is -0.159. The molecule has 150 valence electrons. The van der Waals surface area contributed by atoms with Crippen molar-refractivity contribution >= 4 is 18.6 Å². The molecule has 0 saturated carbocycles. The number of nitrogens with zero attached hydrogens (tertiary/aromatic N) is 4. The van der Waals surface area contributed by atoms with Crippen molar-refractivity contribution < 1.29 is 15.0 Å². The summed E-state index contributed by atoms with van der Waals surface area (Å²) in [6, 6.07) is 12.1. The van der Waals surface area contributed by atoms with Gasteiger partial charge in [-0.3, -0.25) is 9.78 Å². The molecular formula is C20H20N4O4S. The molecule has 2 unspecified atom stereocenters. The van der Waals surface area contributed by atoms with Crippen LogP contribution in [0.4, 0.5) is 0 Å². The molecule has 0 aliphatic rings. The molecule has 8 nitrogen and oxygen atoms in total. The van der Waals surface area contributed by atoms with Crippen LogP contribution in [0.25, 0.3) is 11.1 Å². The van der Waals surface area contributed by atoms with Gasteiger partial charge in [-0.1, -0.05) is 35.5 Å². The predicted octanol–water partition coefficient (Wildman–Crippen LogP) is 1.97. The van der Waals surface area contributed by atoms with Gasteiger partial charge >= 0.3 is 5.97 Å². The molecule has 29 heavy (non-hydrogen) atoms. The Labute approximate surface area is 172 Å². The van der Waals surface area contributed by atoms with Gasteiger partial charge in [0.1, 0.15) is 0 Å². The molecule has 9 heteroatoms. The average Bonchev–Trinajstić information content (AvgIpc) is 2.75. The van der Waals surface area contributed by atoms with Gasteiger partial charge in [0.2, 0.25) is 0 Å². The van der Waals surface area contributed by atoms with E-state index in [1.807, 2.05) is 24.3 Å². The number of carbonyl (C=O) groups is 1. The minimum Gasteiger partial charge on any atom is -0.479 e. The third-order valence-electron chi connectivity index (χ3n) is 4.67. The molecule has 0 aliphatic carbocycles. The Kier molecular flexibility index (Phi) is 6.40. The maximum absolute atomic E-state index is 11.8. The number of rotatable bonds is 8. The zero-order chi connectivity index (χ0) is 20.9. The average molecular weight is 412 g/mol. The van der Waals surface area contributed by atoms with E-state index in [0.717, 1.165) is 15.8 Å². The first-order chi connectivity index (χ1) is 13.9. The number of aryl methyl sites for hydroxylation is 1. The third kappa shape index (κ3) is 4.69. The molecule has 0 radical (unpaired) electrons. The van der Waals surface area contributed by atoms with Crippen LogP contribution in [0.2, 0.25) is 0 Å². The van der Waals surface area contributed by atoms with E-state index >= 15 is 0 Å². The van der Waals surface area contributed by atoms with Crippen LogP contribution in [0, 0.1) is 0 Å². The van der Waals surface area contributed by atoms with E-state index in [1.165, 1.54) is 12.3 Å². The van der Waals surface area contributed by atoms with E-state index in [1.54, 1.807) is 24.5 Å². The minimum atomic E-state index is -2.11. The Morgan fingerprint density at radius 2 is 1.90 bits per heavy atom. The number of aliphatic carboxylic acids is 1. The predicted molar refractivity (Wildman–Crippen MR) is 110 cm³/mol. The molecule has 0 amide bonds. The number of carboxylic acid groups (broad SMARTS) is 1. The quantitative estimate of drug-likeness (QED) is 0.484. The second kappa shape index (κ2) is 8.97. The zero-order valence-electron chi connectivity index (χ0n) is 15.4. The van der Waals surface area contributed by atoms with Crippen LogP contribution in [-0.4, -0.2) is 41.8 Å². The van der Waals surface area contributed by atoms with E-state index in [0.29, 0.717) is 5.56 Å². The Morgan fingerprint density at radius 1 is 1.14 bits per heavy atom. The molecule has 1 aromatic carbocycles. The second-order valence-corrected chi connectivity index (χ2v) is 7.10. The van der Waals surface area contributed by atoms with Crippen LogP contribution in [0.3, 0.4) is 0 Å². The maximum Gasteiger partial charge on any atom is 0.337 e. The Morgan fingerprint density at radius 3 is 2.52 bits per heavy atom. The summed E-state index contributed by atoms with van der Waals surface area (Å²) in [5, 5.41) is 26.8. The summed E-state index contributed by atoms with van der Waals surface area (Å²) in [7, 11) is 0. The lowest BCUT2D eigenvalue weighted by Crippen LogP contribution is -2.43. The number of aliphatic hydroxyl groups is 1. The zero-order valence-corrected chi connectivity index (χ0v) is 16.3. The number of thiol groups is 1. The van der Waals surface area contributed by atoms with Crippen LogP contribution in [0.15, 0.2) is 65.8 Å². The van der Waals surface area contributed by atoms with Gasteiger partial charge < -0.3 is 10.2 Å². The molecule has 2 heterocycles. The summed E-state index contributed by atoms with van der Waals surface area (Å²) >= 11 is 4.40. The number of hydrogen-bond donors (Lipinski definition) is 3. The fraction of sp³-hybridized carbons (Fsp3) is 0.250. The topological polar surface area (TPSA) is 118 Å². The molecule has 3 aromatic rings. The molecule has 3 rings (SSSR count). The van der Waals surface area contributed by atoms with Gasteiger partial charge in [-0.05, 0) is 35.6 Å². The summed E-state index contributed by atoms with van der Waals surface area (Å²) in [4.78, 5) is 27.6. The first kappa shape index (κ1) is 20.7. The van der Waals surface area contributed by atoms with Crippen LogP contribution in [0.5, 0.6) is 0 Å². The van der Waals surface area contributed by atoms with Crippen molar-refractivity contribution in [3.05, 3.63) is 77.0 Å². The lowest BCUT2D eigenvalue weighted by atomic mass is 9.88. The van der Waals surface area contributed by atoms with Crippen LogP contribution in [-0.2, 0) is 11.3 Å². The van der Waals surface area contributed by atoms with E-state index in [4.69, 9.17) is 0 Å².